The molecular weight excluding hydrogens is 269 g/mol. The Balaban J connectivity index is 2.10. The summed E-state index contributed by atoms with van der Waals surface area (Å²) in [6, 6.07) is 15.6. The van der Waals surface area contributed by atoms with Gasteiger partial charge < -0.3 is 5.32 Å². The van der Waals surface area contributed by atoms with Crippen LogP contribution in [0.2, 0.25) is 0 Å². The largest absolute Gasteiger partial charge is 0.309 e. The SMILES string of the molecule is CCNC(CSc1ccccc1)c1ccc(F)cc1C. The summed E-state index contributed by atoms with van der Waals surface area (Å²) in [6.07, 6.45) is 0. The summed E-state index contributed by atoms with van der Waals surface area (Å²) in [6.45, 7) is 4.96. The van der Waals surface area contributed by atoms with E-state index in [-0.39, 0.29) is 11.9 Å². The Morgan fingerprint density at radius 2 is 1.90 bits per heavy atom. The molecule has 0 aliphatic rings. The fraction of sp³-hybridized carbons (Fsp3) is 0.294. The van der Waals surface area contributed by atoms with E-state index in [4.69, 9.17) is 0 Å². The number of thioether (sulfide) groups is 1. The highest BCUT2D eigenvalue weighted by molar-refractivity contribution is 7.99. The van der Waals surface area contributed by atoms with E-state index in [2.05, 4.69) is 24.4 Å². The van der Waals surface area contributed by atoms with Gasteiger partial charge in [0.1, 0.15) is 5.82 Å². The van der Waals surface area contributed by atoms with Crippen molar-refractivity contribution in [2.24, 2.45) is 0 Å². The normalized spacial score (nSPS) is 12.3. The topological polar surface area (TPSA) is 12.0 Å². The van der Waals surface area contributed by atoms with Crippen LogP contribution < -0.4 is 5.32 Å². The first kappa shape index (κ1) is 15.1. The third-order valence-corrected chi connectivity index (χ3v) is 4.32. The van der Waals surface area contributed by atoms with E-state index in [0.717, 1.165) is 17.9 Å². The van der Waals surface area contributed by atoms with Gasteiger partial charge in [-0.3, -0.25) is 0 Å². The van der Waals surface area contributed by atoms with Crippen LogP contribution in [0, 0.1) is 12.7 Å². The minimum absolute atomic E-state index is 0.169. The molecule has 2 aromatic rings. The quantitative estimate of drug-likeness (QED) is 0.781. The maximum Gasteiger partial charge on any atom is 0.123 e. The first-order valence-corrected chi connectivity index (χ1v) is 7.86. The maximum atomic E-state index is 13.2. The van der Waals surface area contributed by atoms with E-state index in [1.807, 2.05) is 43.0 Å². The summed E-state index contributed by atoms with van der Waals surface area (Å²) in [4.78, 5) is 1.26. The molecule has 0 aliphatic carbocycles. The Hall–Kier alpha value is -1.32. The molecule has 0 aromatic heterocycles. The zero-order valence-corrected chi connectivity index (χ0v) is 12.7. The van der Waals surface area contributed by atoms with E-state index in [1.54, 1.807) is 12.1 Å². The molecule has 1 unspecified atom stereocenters. The van der Waals surface area contributed by atoms with Crippen molar-refractivity contribution in [1.29, 1.82) is 0 Å². The Morgan fingerprint density at radius 1 is 1.15 bits per heavy atom. The van der Waals surface area contributed by atoms with Crippen molar-refractivity contribution < 1.29 is 4.39 Å². The lowest BCUT2D eigenvalue weighted by Gasteiger charge is -2.20. The standard InChI is InChI=1S/C17H20FNS/c1-3-19-17(12-20-15-7-5-4-6-8-15)16-10-9-14(18)11-13(16)2/h4-11,17,19H,3,12H2,1-2H3. The van der Waals surface area contributed by atoms with E-state index < -0.39 is 0 Å². The van der Waals surface area contributed by atoms with Gasteiger partial charge in [0, 0.05) is 16.7 Å². The molecule has 106 valence electrons. The van der Waals surface area contributed by atoms with Crippen LogP contribution in [0.3, 0.4) is 0 Å². The molecule has 0 radical (unpaired) electrons. The molecule has 0 saturated carbocycles. The zero-order chi connectivity index (χ0) is 14.4. The van der Waals surface area contributed by atoms with Crippen LogP contribution in [-0.4, -0.2) is 12.3 Å². The van der Waals surface area contributed by atoms with Crippen LogP contribution in [0.25, 0.3) is 0 Å². The summed E-state index contributed by atoms with van der Waals surface area (Å²) in [5.41, 5.74) is 2.18. The molecule has 1 N–H and O–H groups in total. The molecule has 0 saturated heterocycles. The van der Waals surface area contributed by atoms with Gasteiger partial charge >= 0.3 is 0 Å². The fourth-order valence-corrected chi connectivity index (χ4v) is 3.24. The molecule has 20 heavy (non-hydrogen) atoms. The molecule has 0 fully saturated rings. The highest BCUT2D eigenvalue weighted by Gasteiger charge is 2.13. The van der Waals surface area contributed by atoms with Crippen molar-refractivity contribution in [1.82, 2.24) is 5.32 Å². The molecule has 2 aromatic carbocycles. The minimum atomic E-state index is -0.169. The number of hydrogen-bond donors (Lipinski definition) is 1. The van der Waals surface area contributed by atoms with Crippen molar-refractivity contribution in [2.75, 3.05) is 12.3 Å². The predicted molar refractivity (Wildman–Crippen MR) is 84.7 cm³/mol. The van der Waals surface area contributed by atoms with Crippen molar-refractivity contribution in [3.63, 3.8) is 0 Å². The number of aryl methyl sites for hydroxylation is 1. The summed E-state index contributed by atoms with van der Waals surface area (Å²) >= 11 is 1.82. The van der Waals surface area contributed by atoms with Gasteiger partial charge in [-0.25, -0.2) is 4.39 Å². The second-order valence-electron chi connectivity index (χ2n) is 4.74. The van der Waals surface area contributed by atoms with Crippen molar-refractivity contribution >= 4 is 11.8 Å². The van der Waals surface area contributed by atoms with Gasteiger partial charge in [-0.05, 0) is 48.9 Å². The second-order valence-corrected chi connectivity index (χ2v) is 5.83. The summed E-state index contributed by atoms with van der Waals surface area (Å²) < 4.78 is 13.2. The van der Waals surface area contributed by atoms with E-state index in [9.17, 15) is 4.39 Å². The second kappa shape index (κ2) is 7.46. The van der Waals surface area contributed by atoms with Crippen LogP contribution in [0.15, 0.2) is 53.4 Å². The third kappa shape index (κ3) is 4.09. The average molecular weight is 289 g/mol. The minimum Gasteiger partial charge on any atom is -0.309 e. The fourth-order valence-electron chi connectivity index (χ4n) is 2.23. The Bertz CT molecular complexity index is 542. The lowest BCUT2D eigenvalue weighted by molar-refractivity contribution is 0.594. The number of rotatable bonds is 6. The van der Waals surface area contributed by atoms with Gasteiger partial charge in [0.05, 0.1) is 0 Å². The predicted octanol–water partition coefficient (Wildman–Crippen LogP) is 4.58. The van der Waals surface area contributed by atoms with E-state index in [0.29, 0.717) is 0 Å². The lowest BCUT2D eigenvalue weighted by Crippen LogP contribution is -2.23. The molecule has 1 atom stereocenters. The van der Waals surface area contributed by atoms with Gasteiger partial charge in [-0.1, -0.05) is 31.2 Å². The number of hydrogen-bond acceptors (Lipinski definition) is 2. The van der Waals surface area contributed by atoms with Crippen molar-refractivity contribution in [3.05, 3.63) is 65.5 Å². The molecule has 2 rings (SSSR count). The summed E-state index contributed by atoms with van der Waals surface area (Å²) in [5, 5.41) is 3.49. The van der Waals surface area contributed by atoms with E-state index in [1.165, 1.54) is 10.5 Å². The third-order valence-electron chi connectivity index (χ3n) is 3.22. The van der Waals surface area contributed by atoms with Gasteiger partial charge in [0.15, 0.2) is 0 Å². The van der Waals surface area contributed by atoms with Gasteiger partial charge in [0.25, 0.3) is 0 Å². The Labute approximate surface area is 124 Å². The Kier molecular flexibility index (Phi) is 5.62. The molecular formula is C17H20FNS. The molecule has 0 aliphatic heterocycles. The molecule has 0 heterocycles. The molecule has 0 amide bonds. The number of benzene rings is 2. The van der Waals surface area contributed by atoms with Crippen LogP contribution in [0.4, 0.5) is 4.39 Å². The zero-order valence-electron chi connectivity index (χ0n) is 11.9. The molecule has 0 bridgehead atoms. The van der Waals surface area contributed by atoms with Crippen LogP contribution in [0.5, 0.6) is 0 Å². The van der Waals surface area contributed by atoms with Crippen molar-refractivity contribution in [3.8, 4) is 0 Å². The highest BCUT2D eigenvalue weighted by Crippen LogP contribution is 2.26. The number of halogens is 1. The first-order valence-electron chi connectivity index (χ1n) is 6.88. The van der Waals surface area contributed by atoms with Crippen molar-refractivity contribution in [2.45, 2.75) is 24.8 Å². The summed E-state index contributed by atoms with van der Waals surface area (Å²) in [5.74, 6) is 0.766. The van der Waals surface area contributed by atoms with Gasteiger partial charge in [-0.15, -0.1) is 11.8 Å². The van der Waals surface area contributed by atoms with E-state index >= 15 is 0 Å². The smallest absolute Gasteiger partial charge is 0.123 e. The molecule has 0 spiro atoms. The summed E-state index contributed by atoms with van der Waals surface area (Å²) in [7, 11) is 0. The lowest BCUT2D eigenvalue weighted by atomic mass is 10.0. The molecule has 3 heteroatoms. The number of nitrogens with one attached hydrogen (secondary N) is 1. The maximum absolute atomic E-state index is 13.2. The van der Waals surface area contributed by atoms with Gasteiger partial charge in [-0.2, -0.15) is 0 Å². The van der Waals surface area contributed by atoms with Gasteiger partial charge in [0.2, 0.25) is 0 Å². The monoisotopic (exact) mass is 289 g/mol. The Morgan fingerprint density at radius 3 is 2.55 bits per heavy atom. The van der Waals surface area contributed by atoms with Crippen LogP contribution >= 0.6 is 11.8 Å². The van der Waals surface area contributed by atoms with Crippen LogP contribution in [0.1, 0.15) is 24.1 Å². The molecule has 1 nitrogen and oxygen atoms in total. The average Bonchev–Trinajstić information content (AvgIpc) is 2.45. The van der Waals surface area contributed by atoms with Crippen LogP contribution in [-0.2, 0) is 0 Å². The first-order chi connectivity index (χ1) is 9.70. The highest BCUT2D eigenvalue weighted by atomic mass is 32.2.